The number of benzene rings is 1. The summed E-state index contributed by atoms with van der Waals surface area (Å²) in [6.07, 6.45) is 1.69. The first-order chi connectivity index (χ1) is 11.2. The second-order valence-electron chi connectivity index (χ2n) is 5.29. The molecule has 0 bridgehead atoms. The fourth-order valence-corrected chi connectivity index (χ4v) is 2.86. The van der Waals surface area contributed by atoms with Gasteiger partial charge in [-0.05, 0) is 18.7 Å². The standard InChI is InChI=1S/C15H18Cl2N6/c1-2-22-6-8-23(9-7-22)13-10-18-21-15(20-13)19-12-5-3-4-11(16)14(12)17/h3-5,10H,2,6-9H2,1H3,(H,19,20,21). The Kier molecular flexibility index (Phi) is 5.15. The average molecular weight is 353 g/mol. The number of aromatic nitrogens is 3. The number of likely N-dealkylation sites (N-methyl/N-ethyl adjacent to an activating group) is 1. The lowest BCUT2D eigenvalue weighted by atomic mass is 10.3. The van der Waals surface area contributed by atoms with Crippen LogP contribution in [-0.2, 0) is 0 Å². The molecule has 2 aromatic rings. The van der Waals surface area contributed by atoms with E-state index in [-0.39, 0.29) is 0 Å². The van der Waals surface area contributed by atoms with E-state index in [2.05, 4.69) is 37.2 Å². The Morgan fingerprint density at radius 3 is 2.70 bits per heavy atom. The Hall–Kier alpha value is -1.63. The third-order valence-electron chi connectivity index (χ3n) is 3.89. The molecule has 0 atom stereocenters. The van der Waals surface area contributed by atoms with Crippen LogP contribution in [0.1, 0.15) is 6.92 Å². The van der Waals surface area contributed by atoms with Gasteiger partial charge in [0.1, 0.15) is 0 Å². The Bertz CT molecular complexity index is 673. The molecule has 6 nitrogen and oxygen atoms in total. The van der Waals surface area contributed by atoms with Gasteiger partial charge in [0, 0.05) is 26.2 Å². The second kappa shape index (κ2) is 7.29. The van der Waals surface area contributed by atoms with Crippen LogP contribution in [0, 0.1) is 0 Å². The summed E-state index contributed by atoms with van der Waals surface area (Å²) in [6, 6.07) is 5.37. The van der Waals surface area contributed by atoms with Crippen LogP contribution in [0.2, 0.25) is 10.0 Å². The minimum absolute atomic E-state index is 0.407. The summed E-state index contributed by atoms with van der Waals surface area (Å²) in [5.41, 5.74) is 0.661. The fourth-order valence-electron chi connectivity index (χ4n) is 2.51. The Balaban J connectivity index is 1.74. The molecule has 23 heavy (non-hydrogen) atoms. The number of nitrogens with zero attached hydrogens (tertiary/aromatic N) is 5. The third kappa shape index (κ3) is 3.83. The van der Waals surface area contributed by atoms with Crippen molar-refractivity contribution in [2.45, 2.75) is 6.92 Å². The van der Waals surface area contributed by atoms with Crippen molar-refractivity contribution in [3.05, 3.63) is 34.4 Å². The smallest absolute Gasteiger partial charge is 0.249 e. The molecule has 1 aromatic carbocycles. The van der Waals surface area contributed by atoms with Gasteiger partial charge in [0.15, 0.2) is 5.82 Å². The summed E-state index contributed by atoms with van der Waals surface area (Å²) in [7, 11) is 0. The highest BCUT2D eigenvalue weighted by Gasteiger charge is 2.17. The van der Waals surface area contributed by atoms with Crippen LogP contribution in [0.15, 0.2) is 24.4 Å². The lowest BCUT2D eigenvalue weighted by Gasteiger charge is -2.34. The first-order valence-electron chi connectivity index (χ1n) is 7.55. The van der Waals surface area contributed by atoms with Gasteiger partial charge in [-0.3, -0.25) is 0 Å². The first kappa shape index (κ1) is 16.2. The lowest BCUT2D eigenvalue weighted by molar-refractivity contribution is 0.270. The van der Waals surface area contributed by atoms with Gasteiger partial charge in [-0.15, -0.1) is 5.10 Å². The van der Waals surface area contributed by atoms with Crippen molar-refractivity contribution < 1.29 is 0 Å². The zero-order valence-electron chi connectivity index (χ0n) is 12.8. The molecule has 0 amide bonds. The van der Waals surface area contributed by atoms with Crippen LogP contribution >= 0.6 is 23.2 Å². The van der Waals surface area contributed by atoms with Crippen LogP contribution in [-0.4, -0.2) is 52.8 Å². The molecule has 1 fully saturated rings. The van der Waals surface area contributed by atoms with Gasteiger partial charge in [-0.1, -0.05) is 36.2 Å². The molecule has 0 unspecified atom stereocenters. The van der Waals surface area contributed by atoms with Crippen molar-refractivity contribution in [2.75, 3.05) is 42.9 Å². The van der Waals surface area contributed by atoms with E-state index in [0.29, 0.717) is 21.7 Å². The molecule has 0 aliphatic carbocycles. The second-order valence-corrected chi connectivity index (χ2v) is 6.07. The molecule has 1 N–H and O–H groups in total. The summed E-state index contributed by atoms with van der Waals surface area (Å²) >= 11 is 12.2. The number of hydrogen-bond donors (Lipinski definition) is 1. The van der Waals surface area contributed by atoms with Gasteiger partial charge >= 0.3 is 0 Å². The molecule has 3 rings (SSSR count). The van der Waals surface area contributed by atoms with E-state index in [1.807, 2.05) is 12.1 Å². The lowest BCUT2D eigenvalue weighted by Crippen LogP contribution is -2.46. The first-order valence-corrected chi connectivity index (χ1v) is 8.31. The van der Waals surface area contributed by atoms with E-state index < -0.39 is 0 Å². The van der Waals surface area contributed by atoms with Gasteiger partial charge in [-0.2, -0.15) is 10.1 Å². The molecule has 1 aromatic heterocycles. The van der Waals surface area contributed by atoms with Crippen LogP contribution in [0.5, 0.6) is 0 Å². The largest absolute Gasteiger partial charge is 0.353 e. The maximum absolute atomic E-state index is 6.18. The Morgan fingerprint density at radius 2 is 1.96 bits per heavy atom. The molecule has 1 aliphatic heterocycles. The monoisotopic (exact) mass is 352 g/mol. The van der Waals surface area contributed by atoms with Gasteiger partial charge < -0.3 is 15.1 Å². The van der Waals surface area contributed by atoms with E-state index in [1.165, 1.54) is 0 Å². The number of hydrogen-bond acceptors (Lipinski definition) is 6. The summed E-state index contributed by atoms with van der Waals surface area (Å²) in [5, 5.41) is 12.1. The number of piperazine rings is 1. The molecular formula is C15H18Cl2N6. The Labute approximate surface area is 145 Å². The molecule has 122 valence electrons. The Morgan fingerprint density at radius 1 is 1.17 bits per heavy atom. The van der Waals surface area contributed by atoms with Crippen molar-refractivity contribution in [1.82, 2.24) is 20.1 Å². The molecule has 1 saturated heterocycles. The van der Waals surface area contributed by atoms with Gasteiger partial charge in [0.2, 0.25) is 5.95 Å². The number of rotatable bonds is 4. The highest BCUT2D eigenvalue weighted by molar-refractivity contribution is 6.43. The van der Waals surface area contributed by atoms with Crippen LogP contribution in [0.25, 0.3) is 0 Å². The van der Waals surface area contributed by atoms with Crippen LogP contribution < -0.4 is 10.2 Å². The SMILES string of the molecule is CCN1CCN(c2cnnc(Nc3cccc(Cl)c3Cl)n2)CC1. The van der Waals surface area contributed by atoms with Crippen molar-refractivity contribution >= 4 is 40.7 Å². The minimum atomic E-state index is 0.407. The predicted octanol–water partition coefficient (Wildman–Crippen LogP) is 3.06. The molecule has 2 heterocycles. The van der Waals surface area contributed by atoms with Gasteiger partial charge in [0.05, 0.1) is 21.9 Å². The van der Waals surface area contributed by atoms with Crippen molar-refractivity contribution in [2.24, 2.45) is 0 Å². The van der Waals surface area contributed by atoms with E-state index >= 15 is 0 Å². The van der Waals surface area contributed by atoms with Crippen molar-refractivity contribution in [1.29, 1.82) is 0 Å². The molecule has 1 aliphatic rings. The van der Waals surface area contributed by atoms with Gasteiger partial charge in [-0.25, -0.2) is 0 Å². The van der Waals surface area contributed by atoms with E-state index in [4.69, 9.17) is 23.2 Å². The summed E-state index contributed by atoms with van der Waals surface area (Å²) in [5.74, 6) is 1.22. The zero-order valence-corrected chi connectivity index (χ0v) is 14.3. The van der Waals surface area contributed by atoms with Crippen molar-refractivity contribution in [3.8, 4) is 0 Å². The molecule has 0 spiro atoms. The molecule has 8 heteroatoms. The number of anilines is 3. The average Bonchev–Trinajstić information content (AvgIpc) is 2.59. The van der Waals surface area contributed by atoms with Gasteiger partial charge in [0.25, 0.3) is 0 Å². The number of halogens is 2. The predicted molar refractivity (Wildman–Crippen MR) is 93.9 cm³/mol. The molecule has 0 saturated carbocycles. The summed E-state index contributed by atoms with van der Waals surface area (Å²) in [6.45, 7) is 7.19. The van der Waals surface area contributed by atoms with E-state index in [1.54, 1.807) is 12.3 Å². The van der Waals surface area contributed by atoms with Crippen LogP contribution in [0.4, 0.5) is 17.5 Å². The maximum Gasteiger partial charge on any atom is 0.249 e. The zero-order chi connectivity index (χ0) is 16.2. The van der Waals surface area contributed by atoms with E-state index in [9.17, 15) is 0 Å². The minimum Gasteiger partial charge on any atom is -0.353 e. The molecule has 0 radical (unpaired) electrons. The topological polar surface area (TPSA) is 57.2 Å². The normalized spacial score (nSPS) is 15.7. The fraction of sp³-hybridized carbons (Fsp3) is 0.400. The van der Waals surface area contributed by atoms with E-state index in [0.717, 1.165) is 38.5 Å². The highest BCUT2D eigenvalue weighted by atomic mass is 35.5. The van der Waals surface area contributed by atoms with Crippen LogP contribution in [0.3, 0.4) is 0 Å². The maximum atomic E-state index is 6.18. The number of nitrogens with one attached hydrogen (secondary N) is 1. The quantitative estimate of drug-likeness (QED) is 0.912. The van der Waals surface area contributed by atoms with Crippen molar-refractivity contribution in [3.63, 3.8) is 0 Å². The highest BCUT2D eigenvalue weighted by Crippen LogP contribution is 2.31. The molecular weight excluding hydrogens is 335 g/mol. The summed E-state index contributed by atoms with van der Waals surface area (Å²) in [4.78, 5) is 9.16. The summed E-state index contributed by atoms with van der Waals surface area (Å²) < 4.78 is 0. The third-order valence-corrected chi connectivity index (χ3v) is 4.71.